The Bertz CT molecular complexity index is 862. The molecule has 1 amide bonds. The molecule has 2 N–H and O–H groups in total. The third-order valence-electron chi connectivity index (χ3n) is 6.21. The predicted molar refractivity (Wildman–Crippen MR) is 138 cm³/mol. The van der Waals surface area contributed by atoms with Crippen molar-refractivity contribution < 1.29 is 13.2 Å². The highest BCUT2D eigenvalue weighted by atomic mass is 127. The van der Waals surface area contributed by atoms with Gasteiger partial charge in [0.05, 0.1) is 4.90 Å². The minimum absolute atomic E-state index is 0. The smallest absolute Gasteiger partial charge is 0.243 e. The van der Waals surface area contributed by atoms with Crippen LogP contribution >= 0.6 is 24.0 Å². The van der Waals surface area contributed by atoms with Gasteiger partial charge in [0.25, 0.3) is 0 Å². The van der Waals surface area contributed by atoms with Crippen molar-refractivity contribution in [1.82, 2.24) is 19.8 Å². The van der Waals surface area contributed by atoms with Crippen LogP contribution in [0.2, 0.25) is 0 Å². The fourth-order valence-electron chi connectivity index (χ4n) is 4.26. The molecular formula is C22H36IN5O3S. The second kappa shape index (κ2) is 12.7. The van der Waals surface area contributed by atoms with Gasteiger partial charge in [-0.15, -0.1) is 24.0 Å². The van der Waals surface area contributed by atoms with Gasteiger partial charge in [-0.25, -0.2) is 8.42 Å². The molecule has 32 heavy (non-hydrogen) atoms. The Balaban J connectivity index is 0.00000363. The van der Waals surface area contributed by atoms with Crippen LogP contribution in [0, 0.1) is 5.92 Å². The van der Waals surface area contributed by atoms with E-state index in [0.717, 1.165) is 56.7 Å². The summed E-state index contributed by atoms with van der Waals surface area (Å²) in [4.78, 5) is 18.6. The van der Waals surface area contributed by atoms with Crippen LogP contribution in [0.5, 0.6) is 0 Å². The molecule has 0 aliphatic carbocycles. The van der Waals surface area contributed by atoms with E-state index >= 15 is 0 Å². The monoisotopic (exact) mass is 577 g/mol. The van der Waals surface area contributed by atoms with E-state index in [1.54, 1.807) is 30.5 Å². The molecule has 2 aliphatic heterocycles. The summed E-state index contributed by atoms with van der Waals surface area (Å²) in [6.45, 7) is 3.54. The topological polar surface area (TPSA) is 94.1 Å². The lowest BCUT2D eigenvalue weighted by atomic mass is 9.93. The molecule has 10 heteroatoms. The number of piperidine rings is 2. The molecule has 0 bridgehead atoms. The maximum absolute atomic E-state index is 12.8. The quantitative estimate of drug-likeness (QED) is 0.308. The van der Waals surface area contributed by atoms with Gasteiger partial charge in [-0.2, -0.15) is 4.31 Å². The van der Waals surface area contributed by atoms with Gasteiger partial charge in [-0.05, 0) is 49.3 Å². The summed E-state index contributed by atoms with van der Waals surface area (Å²) < 4.78 is 27.2. The summed E-state index contributed by atoms with van der Waals surface area (Å²) in [5.41, 5.74) is 1.01. The van der Waals surface area contributed by atoms with Crippen molar-refractivity contribution in [3.63, 3.8) is 0 Å². The minimum atomic E-state index is -3.40. The number of nitrogens with zero attached hydrogens (tertiary/aromatic N) is 3. The molecule has 8 nitrogen and oxygen atoms in total. The zero-order chi connectivity index (χ0) is 22.3. The third-order valence-corrected chi connectivity index (χ3v) is 8.12. The predicted octanol–water partition coefficient (Wildman–Crippen LogP) is 2.40. The number of halogens is 1. The molecule has 1 aromatic carbocycles. The average Bonchev–Trinajstić information content (AvgIpc) is 2.81. The summed E-state index contributed by atoms with van der Waals surface area (Å²) >= 11 is 0. The Morgan fingerprint density at radius 2 is 1.69 bits per heavy atom. The first-order chi connectivity index (χ1) is 14.9. The van der Waals surface area contributed by atoms with Gasteiger partial charge in [0.2, 0.25) is 15.9 Å². The van der Waals surface area contributed by atoms with Gasteiger partial charge >= 0.3 is 0 Å². The second-order valence-corrected chi connectivity index (χ2v) is 10.3. The van der Waals surface area contributed by atoms with Crippen molar-refractivity contribution in [2.75, 3.05) is 40.3 Å². The number of benzene rings is 1. The summed E-state index contributed by atoms with van der Waals surface area (Å²) in [6.07, 6.45) is 5.49. The van der Waals surface area contributed by atoms with Gasteiger partial charge in [0.1, 0.15) is 0 Å². The molecule has 2 aliphatic rings. The number of guanidine groups is 1. The van der Waals surface area contributed by atoms with Crippen molar-refractivity contribution in [2.45, 2.75) is 50.0 Å². The van der Waals surface area contributed by atoms with E-state index < -0.39 is 10.0 Å². The second-order valence-electron chi connectivity index (χ2n) is 8.32. The van der Waals surface area contributed by atoms with Crippen molar-refractivity contribution in [3.05, 3.63) is 29.8 Å². The number of hydrogen-bond donors (Lipinski definition) is 2. The summed E-state index contributed by atoms with van der Waals surface area (Å²) in [5, 5.41) is 6.08. The maximum atomic E-state index is 12.8. The van der Waals surface area contributed by atoms with Gasteiger partial charge in [0.15, 0.2) is 5.96 Å². The maximum Gasteiger partial charge on any atom is 0.243 e. The first-order valence-electron chi connectivity index (χ1n) is 11.2. The largest absolute Gasteiger partial charge is 0.359 e. The molecular weight excluding hydrogens is 541 g/mol. The molecule has 0 spiro atoms. The van der Waals surface area contributed by atoms with Gasteiger partial charge < -0.3 is 15.5 Å². The normalized spacial score (nSPS) is 18.7. The van der Waals surface area contributed by atoms with E-state index in [1.165, 1.54) is 0 Å². The number of rotatable bonds is 6. The molecule has 180 valence electrons. The summed E-state index contributed by atoms with van der Waals surface area (Å²) in [5.74, 6) is 1.36. The van der Waals surface area contributed by atoms with Crippen LogP contribution in [0.4, 0.5) is 0 Å². The van der Waals surface area contributed by atoms with E-state index in [1.807, 2.05) is 12.1 Å². The number of amides is 1. The van der Waals surface area contributed by atoms with E-state index in [0.29, 0.717) is 36.9 Å². The number of hydrogen-bond acceptors (Lipinski definition) is 4. The zero-order valence-corrected chi connectivity index (χ0v) is 22.2. The van der Waals surface area contributed by atoms with Crippen molar-refractivity contribution in [2.24, 2.45) is 10.9 Å². The van der Waals surface area contributed by atoms with Crippen molar-refractivity contribution in [3.8, 4) is 0 Å². The zero-order valence-electron chi connectivity index (χ0n) is 19.0. The number of likely N-dealkylation sites (tertiary alicyclic amines) is 1. The van der Waals surface area contributed by atoms with Crippen LogP contribution in [0.25, 0.3) is 0 Å². The van der Waals surface area contributed by atoms with Gasteiger partial charge in [-0.1, -0.05) is 18.6 Å². The lowest BCUT2D eigenvalue weighted by molar-refractivity contribution is -0.121. The molecule has 2 fully saturated rings. The van der Waals surface area contributed by atoms with E-state index in [2.05, 4.69) is 20.5 Å². The Labute approximate surface area is 209 Å². The van der Waals surface area contributed by atoms with Crippen LogP contribution in [-0.4, -0.2) is 69.8 Å². The molecule has 3 rings (SSSR count). The highest BCUT2D eigenvalue weighted by Crippen LogP contribution is 2.22. The van der Waals surface area contributed by atoms with Crippen LogP contribution in [0.15, 0.2) is 34.2 Å². The minimum Gasteiger partial charge on any atom is -0.359 e. The van der Waals surface area contributed by atoms with E-state index in [9.17, 15) is 13.2 Å². The third kappa shape index (κ3) is 7.05. The van der Waals surface area contributed by atoms with Gasteiger partial charge in [-0.3, -0.25) is 9.79 Å². The summed E-state index contributed by atoms with van der Waals surface area (Å²) in [6, 6.07) is 7.14. The molecule has 1 aromatic rings. The van der Waals surface area contributed by atoms with Crippen LogP contribution in [0.3, 0.4) is 0 Å². The van der Waals surface area contributed by atoms with Crippen LogP contribution in [0.1, 0.15) is 44.1 Å². The van der Waals surface area contributed by atoms with Crippen LogP contribution < -0.4 is 10.6 Å². The highest BCUT2D eigenvalue weighted by Gasteiger charge is 2.26. The molecule has 0 saturated carbocycles. The van der Waals surface area contributed by atoms with Crippen molar-refractivity contribution in [1.29, 1.82) is 0 Å². The Morgan fingerprint density at radius 1 is 1.06 bits per heavy atom. The first kappa shape index (κ1) is 26.8. The average molecular weight is 578 g/mol. The first-order valence-corrected chi connectivity index (χ1v) is 12.6. The standard InChI is InChI=1S/C22H35N5O3S.HI/c1-23-21(28)16-18-10-14-26(15-11-18)22(24-2)25-17-19-6-8-20(9-7-19)31(29,30)27-12-4-3-5-13-27;/h6-9,18H,3-5,10-17H2,1-2H3,(H,23,28)(H,24,25);1H. The number of carbonyl (C=O) groups excluding carboxylic acids is 1. The molecule has 2 heterocycles. The molecule has 2 saturated heterocycles. The fraction of sp³-hybridized carbons (Fsp3) is 0.636. The number of carbonyl (C=O) groups is 1. The van der Waals surface area contributed by atoms with E-state index in [-0.39, 0.29) is 29.9 Å². The van der Waals surface area contributed by atoms with Gasteiger partial charge in [0, 0.05) is 53.2 Å². The Morgan fingerprint density at radius 3 is 2.25 bits per heavy atom. The summed E-state index contributed by atoms with van der Waals surface area (Å²) in [7, 11) is 0.0552. The van der Waals surface area contributed by atoms with E-state index in [4.69, 9.17) is 0 Å². The SMILES string of the molecule is CN=C(NCc1ccc(S(=O)(=O)N2CCCCC2)cc1)N1CCC(CC(=O)NC)CC1.I. The molecule has 0 unspecified atom stereocenters. The van der Waals surface area contributed by atoms with Crippen LogP contribution in [-0.2, 0) is 21.4 Å². The molecule has 0 radical (unpaired) electrons. The Hall–Kier alpha value is -1.40. The lowest BCUT2D eigenvalue weighted by Crippen LogP contribution is -2.45. The highest BCUT2D eigenvalue weighted by molar-refractivity contribution is 14.0. The number of nitrogens with one attached hydrogen (secondary N) is 2. The lowest BCUT2D eigenvalue weighted by Gasteiger charge is -2.34. The number of aliphatic imine (C=N–C) groups is 1. The Kier molecular flexibility index (Phi) is 10.7. The van der Waals surface area contributed by atoms with Crippen molar-refractivity contribution >= 4 is 45.9 Å². The molecule has 0 aromatic heterocycles. The fourth-order valence-corrected chi connectivity index (χ4v) is 5.78. The molecule has 0 atom stereocenters. The number of sulfonamides is 1.